The minimum atomic E-state index is -2.82. The molecule has 0 saturated carbocycles. The predicted octanol–water partition coefficient (Wildman–Crippen LogP) is 3.25. The minimum absolute atomic E-state index is 0.136. The van der Waals surface area contributed by atoms with E-state index in [4.69, 9.17) is 20.5 Å². The van der Waals surface area contributed by atoms with Gasteiger partial charge in [0.15, 0.2) is 5.78 Å². The zero-order chi connectivity index (χ0) is 25.2. The molecule has 0 aliphatic carbocycles. The summed E-state index contributed by atoms with van der Waals surface area (Å²) in [6.07, 6.45) is 0.855. The van der Waals surface area contributed by atoms with E-state index in [1.165, 1.54) is 24.3 Å². The van der Waals surface area contributed by atoms with E-state index in [1.54, 1.807) is 20.8 Å². The second-order valence-electron chi connectivity index (χ2n) is 7.59. The summed E-state index contributed by atoms with van der Waals surface area (Å²) < 4.78 is 26.5. The summed E-state index contributed by atoms with van der Waals surface area (Å²) in [6.45, 7) is 2.79. The molecule has 0 fully saturated rings. The van der Waals surface area contributed by atoms with Crippen molar-refractivity contribution in [1.82, 2.24) is 10.6 Å². The van der Waals surface area contributed by atoms with Gasteiger partial charge in [-0.25, -0.2) is 4.79 Å². The largest absolute Gasteiger partial charge is 0.444 e. The van der Waals surface area contributed by atoms with Crippen LogP contribution in [0.3, 0.4) is 0 Å². The third kappa shape index (κ3) is 10.2. The van der Waals surface area contributed by atoms with Crippen molar-refractivity contribution in [1.29, 1.82) is 0 Å². The number of alkyl halides is 1. The Hall–Kier alpha value is -2.61. The van der Waals surface area contributed by atoms with Crippen molar-refractivity contribution in [2.75, 3.05) is 17.7 Å². The standard InChI is InChI=1S/C21H30ClN3O5/c1-14(26)24-16-9-7-8-15(12-16)19(28)25-17(18(27)13-22)10-5-6-11-23-20(29)30-21(2,3)4/h7-9,12,17H,5-6,10-11,13H2,1-4H3,(H,23,29)(H,24,26)(H,25,28)/t17-/m1/s1/i1D3. The van der Waals surface area contributed by atoms with Crippen LogP contribution in [0.5, 0.6) is 0 Å². The van der Waals surface area contributed by atoms with E-state index >= 15 is 0 Å². The molecule has 30 heavy (non-hydrogen) atoms. The van der Waals surface area contributed by atoms with Gasteiger partial charge in [-0.2, -0.15) is 0 Å². The Labute approximate surface area is 186 Å². The van der Waals surface area contributed by atoms with Crippen LogP contribution in [0.1, 0.15) is 61.4 Å². The number of alkyl carbamates (subject to hydrolysis) is 1. The van der Waals surface area contributed by atoms with Crippen LogP contribution >= 0.6 is 11.6 Å². The highest BCUT2D eigenvalue weighted by Crippen LogP contribution is 2.12. The van der Waals surface area contributed by atoms with E-state index in [-0.39, 0.29) is 22.9 Å². The van der Waals surface area contributed by atoms with E-state index in [0.717, 1.165) is 0 Å². The van der Waals surface area contributed by atoms with Crippen molar-refractivity contribution in [2.24, 2.45) is 0 Å². The van der Waals surface area contributed by atoms with Crippen LogP contribution in [-0.2, 0) is 14.3 Å². The van der Waals surface area contributed by atoms with Crippen molar-refractivity contribution in [3.05, 3.63) is 29.8 Å². The molecule has 0 aliphatic heterocycles. The Morgan fingerprint density at radius 1 is 1.20 bits per heavy atom. The average molecular weight is 443 g/mol. The first-order valence-corrected chi connectivity index (χ1v) is 10.0. The number of carbonyl (C=O) groups excluding carboxylic acids is 4. The summed E-state index contributed by atoms with van der Waals surface area (Å²) in [7, 11) is 0. The SMILES string of the molecule is [2H]C([2H])([2H])C(=O)Nc1cccc(C(=O)N[C@H](CCCCNC(=O)OC(C)(C)C)C(=O)CCl)c1. The monoisotopic (exact) mass is 442 g/mol. The molecule has 0 bridgehead atoms. The Bertz CT molecular complexity index is 856. The smallest absolute Gasteiger partial charge is 0.407 e. The van der Waals surface area contributed by atoms with Crippen LogP contribution in [0.25, 0.3) is 0 Å². The van der Waals surface area contributed by atoms with Crippen LogP contribution in [0.15, 0.2) is 24.3 Å². The minimum Gasteiger partial charge on any atom is -0.444 e. The quantitative estimate of drug-likeness (QED) is 0.380. The van der Waals surface area contributed by atoms with Gasteiger partial charge in [0, 0.05) is 28.8 Å². The lowest BCUT2D eigenvalue weighted by Crippen LogP contribution is -2.41. The van der Waals surface area contributed by atoms with Crippen molar-refractivity contribution in [3.63, 3.8) is 0 Å². The summed E-state index contributed by atoms with van der Waals surface area (Å²) >= 11 is 5.67. The van der Waals surface area contributed by atoms with E-state index in [1.807, 2.05) is 0 Å². The number of hydrogen-bond acceptors (Lipinski definition) is 5. The third-order valence-corrected chi connectivity index (χ3v) is 4.06. The highest BCUT2D eigenvalue weighted by molar-refractivity contribution is 6.28. The Morgan fingerprint density at radius 2 is 1.93 bits per heavy atom. The van der Waals surface area contributed by atoms with Gasteiger partial charge in [0.25, 0.3) is 5.91 Å². The number of Topliss-reactive ketones (excluding diaryl/α,β-unsaturated/α-hetero) is 1. The number of rotatable bonds is 10. The molecule has 0 aromatic heterocycles. The fourth-order valence-corrected chi connectivity index (χ4v) is 2.68. The molecule has 1 rings (SSSR count). The molecule has 0 unspecified atom stereocenters. The summed E-state index contributed by atoms with van der Waals surface area (Å²) in [5, 5.41) is 7.46. The van der Waals surface area contributed by atoms with Crippen LogP contribution < -0.4 is 16.0 Å². The molecule has 1 aromatic carbocycles. The number of halogens is 1. The maximum atomic E-state index is 12.6. The number of benzene rings is 1. The zero-order valence-corrected chi connectivity index (χ0v) is 18.1. The molecule has 3 amide bonds. The van der Waals surface area contributed by atoms with Gasteiger partial charge >= 0.3 is 6.09 Å². The number of carbonyl (C=O) groups is 4. The summed E-state index contributed by atoms with van der Waals surface area (Å²) in [6, 6.07) is 4.86. The lowest BCUT2D eigenvalue weighted by molar-refractivity contribution is -0.118. The van der Waals surface area contributed by atoms with Gasteiger partial charge in [-0.05, 0) is 58.2 Å². The van der Waals surface area contributed by atoms with Crippen molar-refractivity contribution < 1.29 is 28.0 Å². The molecule has 0 heterocycles. The summed E-state index contributed by atoms with van der Waals surface area (Å²) in [4.78, 5) is 48.1. The van der Waals surface area contributed by atoms with Crippen LogP contribution in [0.2, 0.25) is 0 Å². The first-order valence-electron chi connectivity index (χ1n) is 11.0. The lowest BCUT2D eigenvalue weighted by Gasteiger charge is -2.20. The maximum Gasteiger partial charge on any atom is 0.407 e. The van der Waals surface area contributed by atoms with Gasteiger partial charge < -0.3 is 20.7 Å². The van der Waals surface area contributed by atoms with Gasteiger partial charge in [-0.1, -0.05) is 6.07 Å². The summed E-state index contributed by atoms with van der Waals surface area (Å²) in [5.41, 5.74) is -0.325. The van der Waals surface area contributed by atoms with Gasteiger partial charge in [-0.15, -0.1) is 11.6 Å². The maximum absolute atomic E-state index is 12.6. The van der Waals surface area contributed by atoms with Gasteiger partial charge in [0.05, 0.1) is 11.9 Å². The number of ether oxygens (including phenoxy) is 1. The first kappa shape index (κ1) is 20.7. The first-order chi connectivity index (χ1) is 15.2. The Balaban J connectivity index is 2.64. The van der Waals surface area contributed by atoms with Crippen molar-refractivity contribution in [3.8, 4) is 0 Å². The molecule has 1 atom stereocenters. The fourth-order valence-electron chi connectivity index (χ4n) is 2.50. The topological polar surface area (TPSA) is 114 Å². The second-order valence-corrected chi connectivity index (χ2v) is 7.85. The number of nitrogens with one attached hydrogen (secondary N) is 3. The van der Waals surface area contributed by atoms with Crippen LogP contribution in [0.4, 0.5) is 10.5 Å². The number of unbranched alkanes of at least 4 members (excludes halogenated alkanes) is 1. The van der Waals surface area contributed by atoms with E-state index in [2.05, 4.69) is 16.0 Å². The average Bonchev–Trinajstić information content (AvgIpc) is 2.70. The molecule has 1 aromatic rings. The molecular weight excluding hydrogens is 410 g/mol. The molecule has 0 saturated heterocycles. The van der Waals surface area contributed by atoms with E-state index in [0.29, 0.717) is 25.8 Å². The lowest BCUT2D eigenvalue weighted by atomic mass is 10.0. The van der Waals surface area contributed by atoms with Crippen molar-refractivity contribution >= 4 is 41.0 Å². The third-order valence-electron chi connectivity index (χ3n) is 3.80. The number of ketones is 1. The normalized spacial score (nSPS) is 13.8. The van der Waals surface area contributed by atoms with Crippen LogP contribution in [0, 0.1) is 0 Å². The molecule has 9 heteroatoms. The molecule has 0 aliphatic rings. The van der Waals surface area contributed by atoms with Gasteiger partial charge in [-0.3, -0.25) is 14.4 Å². The molecular formula is C21H30ClN3O5. The highest BCUT2D eigenvalue weighted by Gasteiger charge is 2.21. The predicted molar refractivity (Wildman–Crippen MR) is 116 cm³/mol. The van der Waals surface area contributed by atoms with E-state index in [9.17, 15) is 19.2 Å². The highest BCUT2D eigenvalue weighted by atomic mass is 35.5. The number of anilines is 1. The van der Waals surface area contributed by atoms with Crippen LogP contribution in [-0.4, -0.2) is 47.8 Å². The summed E-state index contributed by atoms with van der Waals surface area (Å²) in [5.74, 6) is -2.39. The molecule has 3 N–H and O–H groups in total. The van der Waals surface area contributed by atoms with Crippen molar-refractivity contribution in [2.45, 2.75) is 58.5 Å². The zero-order valence-electron chi connectivity index (χ0n) is 20.3. The molecule has 166 valence electrons. The molecule has 0 spiro atoms. The Morgan fingerprint density at radius 3 is 2.57 bits per heavy atom. The van der Waals surface area contributed by atoms with Gasteiger partial charge in [0.2, 0.25) is 5.91 Å². The van der Waals surface area contributed by atoms with Gasteiger partial charge in [0.1, 0.15) is 5.60 Å². The fraction of sp³-hybridized carbons (Fsp3) is 0.524. The molecule has 0 radical (unpaired) electrons. The number of amides is 3. The molecule has 8 nitrogen and oxygen atoms in total. The second kappa shape index (κ2) is 12.2. The number of hydrogen-bond donors (Lipinski definition) is 3. The Kier molecular flexibility index (Phi) is 8.38. The van der Waals surface area contributed by atoms with E-state index < -0.39 is 36.4 Å².